The predicted molar refractivity (Wildman–Crippen MR) is 124 cm³/mol. The summed E-state index contributed by atoms with van der Waals surface area (Å²) in [6.45, 7) is 1.40. The van der Waals surface area contributed by atoms with E-state index in [1.807, 2.05) is 71.4 Å². The zero-order chi connectivity index (χ0) is 21.7. The predicted octanol–water partition coefficient (Wildman–Crippen LogP) is 5.96. The van der Waals surface area contributed by atoms with Crippen LogP contribution in [0, 0.1) is 0 Å². The molecular weight excluding hydrogens is 400 g/mol. The molecule has 0 amide bonds. The van der Waals surface area contributed by atoms with E-state index in [0.29, 0.717) is 17.3 Å². The van der Waals surface area contributed by atoms with Gasteiger partial charge in [-0.15, -0.1) is 0 Å². The van der Waals surface area contributed by atoms with Gasteiger partial charge in [0.15, 0.2) is 17.3 Å². The van der Waals surface area contributed by atoms with Crippen molar-refractivity contribution in [3.63, 3.8) is 0 Å². The van der Waals surface area contributed by atoms with E-state index in [1.165, 1.54) is 6.92 Å². The highest BCUT2D eigenvalue weighted by Crippen LogP contribution is 2.41. The van der Waals surface area contributed by atoms with Crippen molar-refractivity contribution in [2.45, 2.75) is 6.92 Å². The third kappa shape index (κ3) is 2.87. The van der Waals surface area contributed by atoms with Crippen LogP contribution in [0.5, 0.6) is 5.75 Å². The van der Waals surface area contributed by atoms with Crippen LogP contribution in [0.25, 0.3) is 38.9 Å². The van der Waals surface area contributed by atoms with Crippen LogP contribution < -0.4 is 4.74 Å². The van der Waals surface area contributed by atoms with Crippen molar-refractivity contribution >= 4 is 39.2 Å². The lowest BCUT2D eigenvalue weighted by Gasteiger charge is -2.15. The molecule has 0 spiro atoms. The van der Waals surface area contributed by atoms with E-state index in [4.69, 9.17) is 9.47 Å². The highest BCUT2D eigenvalue weighted by Gasteiger charge is 2.27. The average Bonchev–Trinajstić information content (AvgIpc) is 3.26. The highest BCUT2D eigenvalue weighted by molar-refractivity contribution is 5.99. The number of esters is 1. The number of aromatic nitrogens is 2. The Morgan fingerprint density at radius 2 is 1.78 bits per heavy atom. The normalized spacial score (nSPS) is 12.8. The fourth-order valence-corrected chi connectivity index (χ4v) is 4.25. The number of hydrogen-bond donors (Lipinski definition) is 0. The number of pyridine rings is 1. The molecule has 154 valence electrons. The van der Waals surface area contributed by atoms with Gasteiger partial charge >= 0.3 is 5.97 Å². The van der Waals surface area contributed by atoms with Gasteiger partial charge in [0.1, 0.15) is 0 Å². The van der Waals surface area contributed by atoms with Gasteiger partial charge < -0.3 is 14.0 Å². The Balaban J connectivity index is 1.70. The maximum absolute atomic E-state index is 12.1. The summed E-state index contributed by atoms with van der Waals surface area (Å²) in [5, 5.41) is 3.08. The Morgan fingerprint density at radius 3 is 2.62 bits per heavy atom. The molecule has 0 atom stereocenters. The number of rotatable bonds is 2. The van der Waals surface area contributed by atoms with E-state index in [2.05, 4.69) is 23.2 Å². The van der Waals surface area contributed by atoms with Gasteiger partial charge in [0, 0.05) is 30.3 Å². The van der Waals surface area contributed by atoms with Crippen LogP contribution in [0.15, 0.2) is 91.3 Å². The van der Waals surface area contributed by atoms with Gasteiger partial charge in [-0.3, -0.25) is 9.78 Å². The first kappa shape index (κ1) is 18.4. The lowest BCUT2D eigenvalue weighted by molar-refractivity contribution is -0.134. The molecule has 5 nitrogen and oxygen atoms in total. The molecule has 6 rings (SSSR count). The lowest BCUT2D eigenvalue weighted by Crippen LogP contribution is -2.06. The smallest absolute Gasteiger partial charge is 0.308 e. The Bertz CT molecular complexity index is 1560. The lowest BCUT2D eigenvalue weighted by atomic mass is 10.0. The van der Waals surface area contributed by atoms with Crippen LogP contribution in [-0.4, -0.2) is 15.5 Å². The number of carbonyl (C=O) groups is 1. The number of ether oxygens (including phenoxy) is 2. The molecule has 2 aromatic heterocycles. The van der Waals surface area contributed by atoms with E-state index in [0.717, 1.165) is 38.6 Å². The first-order valence-electron chi connectivity index (χ1n) is 10.3. The van der Waals surface area contributed by atoms with Gasteiger partial charge in [0.25, 0.3) is 0 Å². The van der Waals surface area contributed by atoms with E-state index in [9.17, 15) is 4.79 Å². The Labute approximate surface area is 184 Å². The number of fused-ring (bicyclic) bond motifs is 5. The molecule has 32 heavy (non-hydrogen) atoms. The maximum Gasteiger partial charge on any atom is 0.308 e. The molecule has 0 fully saturated rings. The molecule has 5 aromatic rings. The largest absolute Gasteiger partial charge is 0.450 e. The molecule has 3 heterocycles. The minimum atomic E-state index is -0.414. The van der Waals surface area contributed by atoms with Crippen molar-refractivity contribution < 1.29 is 14.3 Å². The number of nitrogens with zero attached hydrogens (tertiary/aromatic N) is 2. The zero-order valence-electron chi connectivity index (χ0n) is 17.3. The summed E-state index contributed by atoms with van der Waals surface area (Å²) in [4.78, 5) is 16.6. The Morgan fingerprint density at radius 1 is 0.938 bits per heavy atom. The second-order valence-corrected chi connectivity index (χ2v) is 7.66. The molecule has 0 bridgehead atoms. The molecule has 0 unspecified atom stereocenters. The van der Waals surface area contributed by atoms with Gasteiger partial charge in [-0.2, -0.15) is 0 Å². The van der Waals surface area contributed by atoms with Crippen LogP contribution in [0.1, 0.15) is 18.2 Å². The molecule has 1 aliphatic heterocycles. The summed E-state index contributed by atoms with van der Waals surface area (Å²) >= 11 is 0. The van der Waals surface area contributed by atoms with Crippen LogP contribution in [0.4, 0.5) is 0 Å². The van der Waals surface area contributed by atoms with Gasteiger partial charge in [-0.25, -0.2) is 0 Å². The van der Waals surface area contributed by atoms with Crippen molar-refractivity contribution in [3.05, 3.63) is 103 Å². The van der Waals surface area contributed by atoms with Crippen molar-refractivity contribution in [2.24, 2.45) is 0 Å². The number of carbonyl (C=O) groups excluding carboxylic acids is 1. The topological polar surface area (TPSA) is 53.4 Å². The highest BCUT2D eigenvalue weighted by atomic mass is 16.6. The van der Waals surface area contributed by atoms with Crippen molar-refractivity contribution in [3.8, 4) is 11.4 Å². The first-order chi connectivity index (χ1) is 15.7. The molecular formula is C27H18N2O3. The summed E-state index contributed by atoms with van der Waals surface area (Å²) in [7, 11) is 0. The number of benzene rings is 3. The fraction of sp³-hybridized carbons (Fsp3) is 0.0370. The van der Waals surface area contributed by atoms with E-state index in [-0.39, 0.29) is 0 Å². The third-order valence-electron chi connectivity index (χ3n) is 5.62. The minimum absolute atomic E-state index is 0.374. The fourth-order valence-electron chi connectivity index (χ4n) is 4.25. The quantitative estimate of drug-likeness (QED) is 0.332. The second-order valence-electron chi connectivity index (χ2n) is 7.66. The standard InChI is InChI=1S/C27H18N2O3/c1-17(30)31-27-23-12-6-14-29(23)24-15-18-7-2-3-8-19(18)16-25(24)32-26(27)21-9-4-11-22-20(21)10-5-13-28-22/h2-16H,1H3. The van der Waals surface area contributed by atoms with Gasteiger partial charge in [0.2, 0.25) is 0 Å². The maximum atomic E-state index is 12.1. The molecule has 1 aliphatic rings. The summed E-state index contributed by atoms with van der Waals surface area (Å²) < 4.78 is 14.3. The van der Waals surface area contributed by atoms with Crippen LogP contribution in [-0.2, 0) is 9.53 Å². The summed E-state index contributed by atoms with van der Waals surface area (Å²) in [6, 6.07) is 25.8. The van der Waals surface area contributed by atoms with Gasteiger partial charge in [0.05, 0.1) is 16.9 Å². The van der Waals surface area contributed by atoms with Crippen LogP contribution >= 0.6 is 0 Å². The van der Waals surface area contributed by atoms with Crippen LogP contribution in [0.2, 0.25) is 0 Å². The van der Waals surface area contributed by atoms with Gasteiger partial charge in [-0.1, -0.05) is 42.5 Å². The molecule has 0 radical (unpaired) electrons. The SMILES string of the molecule is CC(=O)OC1=C(c2cccc3ncccc23)Oc2cc3ccccc3cc2-n2cccc21. The van der Waals surface area contributed by atoms with Crippen molar-refractivity contribution in [1.29, 1.82) is 0 Å². The summed E-state index contributed by atoms with van der Waals surface area (Å²) in [5.74, 6) is 1.12. The third-order valence-corrected chi connectivity index (χ3v) is 5.62. The van der Waals surface area contributed by atoms with Gasteiger partial charge in [-0.05, 0) is 47.2 Å². The van der Waals surface area contributed by atoms with E-state index in [1.54, 1.807) is 6.20 Å². The monoisotopic (exact) mass is 418 g/mol. The molecule has 5 heteroatoms. The second kappa shape index (κ2) is 7.10. The average molecular weight is 418 g/mol. The minimum Gasteiger partial charge on any atom is -0.450 e. The summed E-state index contributed by atoms with van der Waals surface area (Å²) in [6.07, 6.45) is 3.71. The molecule has 0 saturated carbocycles. The molecule has 3 aromatic carbocycles. The summed E-state index contributed by atoms with van der Waals surface area (Å²) in [5.41, 5.74) is 3.26. The Hall–Kier alpha value is -4.38. The molecule has 0 saturated heterocycles. The first-order valence-corrected chi connectivity index (χ1v) is 10.3. The molecule has 0 N–H and O–H groups in total. The van der Waals surface area contributed by atoms with Crippen molar-refractivity contribution in [1.82, 2.24) is 9.55 Å². The Kier molecular flexibility index (Phi) is 4.08. The van der Waals surface area contributed by atoms with Crippen LogP contribution in [0.3, 0.4) is 0 Å². The van der Waals surface area contributed by atoms with Crippen molar-refractivity contribution in [2.75, 3.05) is 0 Å². The van der Waals surface area contributed by atoms with E-state index < -0.39 is 5.97 Å². The molecule has 0 aliphatic carbocycles. The van der Waals surface area contributed by atoms with E-state index >= 15 is 0 Å². The zero-order valence-corrected chi connectivity index (χ0v) is 17.3. The number of hydrogen-bond acceptors (Lipinski definition) is 4.